The molecule has 90 valence electrons. The summed E-state index contributed by atoms with van der Waals surface area (Å²) in [5.41, 5.74) is 21.1. The maximum atomic E-state index is 11.2. The summed E-state index contributed by atoms with van der Waals surface area (Å²) in [4.78, 5) is 15.2. The van der Waals surface area contributed by atoms with Gasteiger partial charge in [0, 0.05) is 16.4 Å². The lowest BCUT2D eigenvalue weighted by Gasteiger charge is -1.97. The van der Waals surface area contributed by atoms with Gasteiger partial charge in [-0.05, 0) is 23.7 Å². The van der Waals surface area contributed by atoms with E-state index in [0.717, 1.165) is 0 Å². The molecule has 9 heteroatoms. The Kier molecular flexibility index (Phi) is 4.17. The molecule has 2 rings (SSSR count). The van der Waals surface area contributed by atoms with Gasteiger partial charge in [0.05, 0.1) is 0 Å². The van der Waals surface area contributed by atoms with Crippen molar-refractivity contribution < 1.29 is 9.52 Å². The molecule has 0 bridgehead atoms. The quantitative estimate of drug-likeness (QED) is 0.354. The molecular formula is C9H5N6O3-. The van der Waals surface area contributed by atoms with Crippen LogP contribution >= 0.6 is 0 Å². The van der Waals surface area contributed by atoms with E-state index in [1.54, 1.807) is 6.07 Å². The second kappa shape index (κ2) is 5.80. The number of rotatable bonds is 1. The Balaban J connectivity index is 0.000000492. The minimum absolute atomic E-state index is 0.00202. The zero-order chi connectivity index (χ0) is 13.5. The molecule has 0 aliphatic rings. The number of fused-ring (bicyclic) bond motifs is 1. The molecule has 0 amide bonds. The van der Waals surface area contributed by atoms with Gasteiger partial charge in [-0.3, -0.25) is 4.91 Å². The first-order valence-corrected chi connectivity index (χ1v) is 4.42. The van der Waals surface area contributed by atoms with Crippen LogP contribution in [0.5, 0.6) is 5.75 Å². The maximum Gasteiger partial charge on any atom is 0.345 e. The molecule has 0 saturated heterocycles. The van der Waals surface area contributed by atoms with Crippen LogP contribution in [0, 0.1) is 0 Å². The van der Waals surface area contributed by atoms with Gasteiger partial charge in [-0.1, -0.05) is 5.11 Å². The van der Waals surface area contributed by atoms with Crippen molar-refractivity contribution >= 4 is 16.7 Å². The van der Waals surface area contributed by atoms with E-state index < -0.39 is 5.63 Å². The first kappa shape index (κ1) is 12.9. The average Bonchev–Trinajstić information content (AvgIpc) is 2.32. The number of hydrogen-bond acceptors (Lipinski definition) is 4. The molecule has 1 aromatic heterocycles. The molecule has 0 aliphatic carbocycles. The summed E-state index contributed by atoms with van der Waals surface area (Å²) in [6.07, 6.45) is 0. The number of phenols is 1. The molecular weight excluding hydrogens is 240 g/mol. The lowest BCUT2D eigenvalue weighted by atomic mass is 10.2. The molecule has 0 fully saturated rings. The van der Waals surface area contributed by atoms with Crippen LogP contribution in [-0.2, 0) is 0 Å². The summed E-state index contributed by atoms with van der Waals surface area (Å²) in [6.45, 7) is 0. The minimum Gasteiger partial charge on any atom is -0.508 e. The van der Waals surface area contributed by atoms with Crippen LogP contribution in [0.2, 0.25) is 0 Å². The number of hydrogen-bond donors (Lipinski definition) is 1. The topological polar surface area (TPSA) is 158 Å². The third-order valence-corrected chi connectivity index (χ3v) is 1.85. The smallest absolute Gasteiger partial charge is 0.345 e. The van der Waals surface area contributed by atoms with E-state index in [-0.39, 0.29) is 17.0 Å². The second-order valence-corrected chi connectivity index (χ2v) is 2.92. The highest BCUT2D eigenvalue weighted by atomic mass is 16.4. The third-order valence-electron chi connectivity index (χ3n) is 1.85. The predicted octanol–water partition coefficient (Wildman–Crippen LogP) is 3.31. The van der Waals surface area contributed by atoms with E-state index in [1.165, 1.54) is 23.1 Å². The van der Waals surface area contributed by atoms with Gasteiger partial charge in [0.1, 0.15) is 17.0 Å². The molecule has 0 radical (unpaired) electrons. The fourth-order valence-electron chi connectivity index (χ4n) is 1.21. The molecule has 2 aromatic rings. The van der Waals surface area contributed by atoms with E-state index in [0.29, 0.717) is 5.39 Å². The van der Waals surface area contributed by atoms with E-state index in [2.05, 4.69) is 10.0 Å². The van der Waals surface area contributed by atoms with Crippen molar-refractivity contribution in [2.45, 2.75) is 0 Å². The van der Waals surface area contributed by atoms with Crippen LogP contribution in [0.1, 0.15) is 0 Å². The van der Waals surface area contributed by atoms with Crippen LogP contribution in [0.25, 0.3) is 37.4 Å². The van der Waals surface area contributed by atoms with Gasteiger partial charge in [-0.25, -0.2) is 4.79 Å². The summed E-state index contributed by atoms with van der Waals surface area (Å²) in [5, 5.41) is 12.9. The van der Waals surface area contributed by atoms with Gasteiger partial charge in [-0.15, -0.1) is 0 Å². The first-order valence-electron chi connectivity index (χ1n) is 4.42. The normalized spacial score (nSPS) is 8.67. The van der Waals surface area contributed by atoms with E-state index in [4.69, 9.17) is 26.1 Å². The Morgan fingerprint density at radius 1 is 1.22 bits per heavy atom. The van der Waals surface area contributed by atoms with Crippen molar-refractivity contribution in [2.24, 2.45) is 5.11 Å². The van der Waals surface area contributed by atoms with Crippen LogP contribution in [0.3, 0.4) is 0 Å². The second-order valence-electron chi connectivity index (χ2n) is 2.92. The number of nitrogens with zero attached hydrogens (tertiary/aromatic N) is 6. The largest absolute Gasteiger partial charge is 0.508 e. The summed E-state index contributed by atoms with van der Waals surface area (Å²) in [7, 11) is 0. The van der Waals surface area contributed by atoms with E-state index in [9.17, 15) is 4.79 Å². The number of phenolic OH excluding ortho intramolecular Hbond substituents is 1. The Labute approximate surface area is 98.9 Å². The molecule has 0 atom stereocenters. The van der Waals surface area contributed by atoms with Gasteiger partial charge in [0.15, 0.2) is 0 Å². The van der Waals surface area contributed by atoms with Gasteiger partial charge < -0.3 is 20.6 Å². The molecule has 0 spiro atoms. The van der Waals surface area contributed by atoms with Crippen molar-refractivity contribution in [3.05, 3.63) is 61.1 Å². The molecule has 0 unspecified atom stereocenters. The summed E-state index contributed by atoms with van der Waals surface area (Å²) >= 11 is 0. The highest BCUT2D eigenvalue weighted by Crippen LogP contribution is 2.21. The van der Waals surface area contributed by atoms with Crippen LogP contribution in [0.15, 0.2) is 38.6 Å². The van der Waals surface area contributed by atoms with E-state index >= 15 is 0 Å². The summed E-state index contributed by atoms with van der Waals surface area (Å²) < 4.78 is 4.85. The monoisotopic (exact) mass is 245 g/mol. The van der Waals surface area contributed by atoms with Crippen LogP contribution in [0.4, 0.5) is 5.69 Å². The fourth-order valence-corrected chi connectivity index (χ4v) is 1.21. The Morgan fingerprint density at radius 2 is 1.89 bits per heavy atom. The average molecular weight is 245 g/mol. The zero-order valence-electron chi connectivity index (χ0n) is 8.76. The van der Waals surface area contributed by atoms with E-state index in [1.807, 2.05) is 0 Å². The van der Waals surface area contributed by atoms with Crippen LogP contribution in [-0.4, -0.2) is 5.11 Å². The molecule has 0 saturated carbocycles. The molecule has 1 aromatic carbocycles. The minimum atomic E-state index is -0.731. The standard InChI is InChI=1S/C9H5N3O3.N3/c10-12-11-7-3-5-1-2-6(13)4-8(5)15-9(7)14;1-3-2/h1-4,13H;/q;-1. The summed E-state index contributed by atoms with van der Waals surface area (Å²) in [5.74, 6) is 0.00202. The van der Waals surface area contributed by atoms with Crippen molar-refractivity contribution in [3.8, 4) is 5.75 Å². The zero-order valence-corrected chi connectivity index (χ0v) is 8.76. The molecule has 18 heavy (non-hydrogen) atoms. The number of benzene rings is 1. The highest BCUT2D eigenvalue weighted by molar-refractivity contribution is 5.80. The highest BCUT2D eigenvalue weighted by Gasteiger charge is 2.03. The third kappa shape index (κ3) is 2.92. The predicted molar refractivity (Wildman–Crippen MR) is 63.0 cm³/mol. The Morgan fingerprint density at radius 3 is 2.50 bits per heavy atom. The van der Waals surface area contributed by atoms with Gasteiger partial charge in [-0.2, -0.15) is 0 Å². The lowest BCUT2D eigenvalue weighted by molar-refractivity contribution is 0.473. The SMILES string of the molecule is [N-]=[N+]=Nc1cc2ccc(O)cc2oc1=O.[N-]=[N+]=[N-]. The lowest BCUT2D eigenvalue weighted by Crippen LogP contribution is -1.96. The fraction of sp³-hybridized carbons (Fsp3) is 0. The summed E-state index contributed by atoms with van der Waals surface area (Å²) in [6, 6.07) is 5.73. The maximum absolute atomic E-state index is 11.2. The Bertz CT molecular complexity index is 710. The Hall–Kier alpha value is -3.15. The van der Waals surface area contributed by atoms with Crippen LogP contribution < -0.4 is 5.63 Å². The van der Waals surface area contributed by atoms with Crippen molar-refractivity contribution in [1.82, 2.24) is 0 Å². The van der Waals surface area contributed by atoms with Gasteiger partial charge >= 0.3 is 5.63 Å². The van der Waals surface area contributed by atoms with Gasteiger partial charge in [0.2, 0.25) is 0 Å². The van der Waals surface area contributed by atoms with Gasteiger partial charge in [0.25, 0.3) is 0 Å². The number of aromatic hydroxyl groups is 1. The molecule has 9 nitrogen and oxygen atoms in total. The van der Waals surface area contributed by atoms with Crippen molar-refractivity contribution in [1.29, 1.82) is 0 Å². The first-order chi connectivity index (χ1) is 8.62. The van der Waals surface area contributed by atoms with Crippen molar-refractivity contribution in [3.63, 3.8) is 0 Å². The molecule has 1 heterocycles. The number of azide groups is 1. The molecule has 0 aliphatic heterocycles. The van der Waals surface area contributed by atoms with Crippen molar-refractivity contribution in [2.75, 3.05) is 0 Å². The molecule has 1 N–H and O–H groups in total.